The van der Waals surface area contributed by atoms with E-state index >= 15 is 0 Å². The zero-order chi connectivity index (χ0) is 25.5. The predicted molar refractivity (Wildman–Crippen MR) is 139 cm³/mol. The molecule has 4 rings (SSSR count). The standard InChI is InChI=1S/C28H25ClFN3O3/c1-19-6-10-24(11-7-19)36-18-22-14-20(8-12-26(22)35-2)9-13-27(34)31-28-25(29)17-33(32-28)16-21-4-3-5-23(30)15-21/h3-15,17H,16,18H2,1-2H3,(H,31,32,34)/b13-9+. The minimum atomic E-state index is -0.388. The van der Waals surface area contributed by atoms with Crippen molar-refractivity contribution < 1.29 is 18.7 Å². The van der Waals surface area contributed by atoms with Crippen LogP contribution in [0.15, 0.2) is 79.0 Å². The van der Waals surface area contributed by atoms with Crippen molar-refractivity contribution in [2.24, 2.45) is 0 Å². The molecule has 0 saturated heterocycles. The number of aromatic nitrogens is 2. The molecular weight excluding hydrogens is 481 g/mol. The van der Waals surface area contributed by atoms with Crippen LogP contribution in [0.1, 0.15) is 22.3 Å². The molecule has 0 unspecified atom stereocenters. The van der Waals surface area contributed by atoms with Crippen molar-refractivity contribution in [3.8, 4) is 11.5 Å². The van der Waals surface area contributed by atoms with Crippen LogP contribution in [-0.4, -0.2) is 22.8 Å². The third kappa shape index (κ3) is 6.73. The molecule has 1 N–H and O–H groups in total. The summed E-state index contributed by atoms with van der Waals surface area (Å²) in [6, 6.07) is 19.6. The zero-order valence-electron chi connectivity index (χ0n) is 19.9. The van der Waals surface area contributed by atoms with Gasteiger partial charge < -0.3 is 14.8 Å². The monoisotopic (exact) mass is 505 g/mol. The van der Waals surface area contributed by atoms with E-state index in [1.165, 1.54) is 18.2 Å². The van der Waals surface area contributed by atoms with Crippen LogP contribution in [0.3, 0.4) is 0 Å². The molecule has 0 fully saturated rings. The Hall–Kier alpha value is -4.10. The molecule has 36 heavy (non-hydrogen) atoms. The van der Waals surface area contributed by atoms with Crippen LogP contribution in [0.25, 0.3) is 6.08 Å². The molecule has 0 saturated carbocycles. The number of rotatable bonds is 9. The molecule has 8 heteroatoms. The van der Waals surface area contributed by atoms with Gasteiger partial charge in [0, 0.05) is 17.8 Å². The Morgan fingerprint density at radius 3 is 2.69 bits per heavy atom. The second-order valence-corrected chi connectivity index (χ2v) is 8.56. The number of hydrogen-bond acceptors (Lipinski definition) is 4. The number of methoxy groups -OCH3 is 1. The fourth-order valence-electron chi connectivity index (χ4n) is 3.53. The van der Waals surface area contributed by atoms with Gasteiger partial charge in [0.2, 0.25) is 5.91 Å². The van der Waals surface area contributed by atoms with Gasteiger partial charge >= 0.3 is 0 Å². The molecule has 6 nitrogen and oxygen atoms in total. The average molecular weight is 506 g/mol. The summed E-state index contributed by atoms with van der Waals surface area (Å²) in [5, 5.41) is 7.25. The Kier molecular flexibility index (Phi) is 8.02. The van der Waals surface area contributed by atoms with Gasteiger partial charge in [-0.25, -0.2) is 4.39 Å². The van der Waals surface area contributed by atoms with E-state index in [2.05, 4.69) is 10.4 Å². The third-order valence-corrected chi connectivity index (χ3v) is 5.62. The summed E-state index contributed by atoms with van der Waals surface area (Å²) in [4.78, 5) is 12.5. The zero-order valence-corrected chi connectivity index (χ0v) is 20.6. The second kappa shape index (κ2) is 11.6. The van der Waals surface area contributed by atoms with E-state index < -0.39 is 0 Å². The quantitative estimate of drug-likeness (QED) is 0.272. The maximum atomic E-state index is 13.4. The van der Waals surface area contributed by atoms with Crippen molar-refractivity contribution in [1.82, 2.24) is 9.78 Å². The normalized spacial score (nSPS) is 11.0. The van der Waals surface area contributed by atoms with Crippen molar-refractivity contribution in [2.45, 2.75) is 20.1 Å². The summed E-state index contributed by atoms with van der Waals surface area (Å²) in [5.41, 5.74) is 3.54. The lowest BCUT2D eigenvalue weighted by molar-refractivity contribution is -0.111. The van der Waals surface area contributed by atoms with Crippen LogP contribution in [0.5, 0.6) is 11.5 Å². The minimum absolute atomic E-state index is 0.227. The van der Waals surface area contributed by atoms with Crippen LogP contribution >= 0.6 is 11.6 Å². The molecule has 0 aliphatic carbocycles. The van der Waals surface area contributed by atoms with E-state index in [-0.39, 0.29) is 22.6 Å². The lowest BCUT2D eigenvalue weighted by Crippen LogP contribution is -2.09. The smallest absolute Gasteiger partial charge is 0.249 e. The molecule has 0 aliphatic rings. The van der Waals surface area contributed by atoms with Crippen LogP contribution in [0.4, 0.5) is 10.2 Å². The second-order valence-electron chi connectivity index (χ2n) is 8.15. The van der Waals surface area contributed by atoms with E-state index in [4.69, 9.17) is 21.1 Å². The van der Waals surface area contributed by atoms with Gasteiger partial charge in [0.25, 0.3) is 0 Å². The Morgan fingerprint density at radius 2 is 1.94 bits per heavy atom. The van der Waals surface area contributed by atoms with Crippen LogP contribution in [-0.2, 0) is 17.9 Å². The summed E-state index contributed by atoms with van der Waals surface area (Å²) >= 11 is 6.23. The van der Waals surface area contributed by atoms with E-state index in [9.17, 15) is 9.18 Å². The topological polar surface area (TPSA) is 65.4 Å². The molecule has 1 heterocycles. The number of ether oxygens (including phenoxy) is 2. The maximum absolute atomic E-state index is 13.4. The summed E-state index contributed by atoms with van der Waals surface area (Å²) < 4.78 is 26.3. The predicted octanol–water partition coefficient (Wildman–Crippen LogP) is 6.27. The van der Waals surface area contributed by atoms with Gasteiger partial charge in [-0.05, 0) is 60.5 Å². The van der Waals surface area contributed by atoms with Gasteiger partial charge in [-0.1, -0.05) is 47.5 Å². The molecule has 1 amide bonds. The number of aryl methyl sites for hydroxylation is 1. The highest BCUT2D eigenvalue weighted by atomic mass is 35.5. The Bertz CT molecular complexity index is 1380. The first-order valence-electron chi connectivity index (χ1n) is 11.2. The van der Waals surface area contributed by atoms with Gasteiger partial charge in [0.1, 0.15) is 28.9 Å². The number of halogens is 2. The van der Waals surface area contributed by atoms with E-state index in [0.29, 0.717) is 18.9 Å². The first-order valence-corrected chi connectivity index (χ1v) is 11.6. The number of carbonyl (C=O) groups excluding carboxylic acids is 1. The highest BCUT2D eigenvalue weighted by Gasteiger charge is 2.10. The highest BCUT2D eigenvalue weighted by Crippen LogP contribution is 2.24. The van der Waals surface area contributed by atoms with Gasteiger partial charge in [0.15, 0.2) is 5.82 Å². The molecule has 0 radical (unpaired) electrons. The molecule has 0 atom stereocenters. The number of carbonyl (C=O) groups is 1. The van der Waals surface area contributed by atoms with Crippen molar-refractivity contribution in [3.63, 3.8) is 0 Å². The number of benzene rings is 3. The van der Waals surface area contributed by atoms with E-state index in [0.717, 1.165) is 28.0 Å². The maximum Gasteiger partial charge on any atom is 0.249 e. The largest absolute Gasteiger partial charge is 0.496 e. The van der Waals surface area contributed by atoms with Crippen molar-refractivity contribution in [3.05, 3.63) is 112 Å². The molecule has 1 aromatic heterocycles. The first kappa shape index (κ1) is 25.0. The Morgan fingerprint density at radius 1 is 1.14 bits per heavy atom. The molecule has 3 aromatic carbocycles. The Balaban J connectivity index is 1.39. The fourth-order valence-corrected chi connectivity index (χ4v) is 3.72. The Labute approximate surface area is 213 Å². The number of nitrogens with one attached hydrogen (secondary N) is 1. The van der Waals surface area contributed by atoms with Gasteiger partial charge in [-0.3, -0.25) is 9.48 Å². The number of hydrogen-bond donors (Lipinski definition) is 1. The third-order valence-electron chi connectivity index (χ3n) is 5.34. The lowest BCUT2D eigenvalue weighted by atomic mass is 10.1. The lowest BCUT2D eigenvalue weighted by Gasteiger charge is -2.11. The molecular formula is C28H25ClFN3O3. The summed E-state index contributed by atoms with van der Waals surface area (Å²) in [7, 11) is 1.60. The summed E-state index contributed by atoms with van der Waals surface area (Å²) in [6.07, 6.45) is 4.66. The van der Waals surface area contributed by atoms with Gasteiger partial charge in [0.05, 0.1) is 13.7 Å². The number of nitrogens with zero attached hydrogens (tertiary/aromatic N) is 2. The summed E-state index contributed by atoms with van der Waals surface area (Å²) in [5.74, 6) is 0.967. The van der Waals surface area contributed by atoms with Crippen molar-refractivity contribution in [2.75, 3.05) is 12.4 Å². The van der Waals surface area contributed by atoms with Crippen LogP contribution < -0.4 is 14.8 Å². The number of anilines is 1. The molecule has 184 valence electrons. The first-order chi connectivity index (χ1) is 17.4. The van der Waals surface area contributed by atoms with Gasteiger partial charge in [-0.15, -0.1) is 0 Å². The molecule has 4 aromatic rings. The SMILES string of the molecule is COc1ccc(/C=C/C(=O)Nc2nn(Cc3cccc(F)c3)cc2Cl)cc1COc1ccc(C)cc1. The van der Waals surface area contributed by atoms with E-state index in [1.807, 2.05) is 49.4 Å². The fraction of sp³-hybridized carbons (Fsp3) is 0.143. The molecule has 0 aliphatic heterocycles. The van der Waals surface area contributed by atoms with Crippen molar-refractivity contribution in [1.29, 1.82) is 0 Å². The van der Waals surface area contributed by atoms with Crippen LogP contribution in [0.2, 0.25) is 5.02 Å². The molecule has 0 bridgehead atoms. The van der Waals surface area contributed by atoms with Gasteiger partial charge in [-0.2, -0.15) is 5.10 Å². The average Bonchev–Trinajstić information content (AvgIpc) is 3.20. The number of amides is 1. The molecule has 0 spiro atoms. The minimum Gasteiger partial charge on any atom is -0.496 e. The highest BCUT2D eigenvalue weighted by molar-refractivity contribution is 6.33. The summed E-state index contributed by atoms with van der Waals surface area (Å²) in [6.45, 7) is 2.66. The van der Waals surface area contributed by atoms with Crippen LogP contribution in [0, 0.1) is 12.7 Å². The van der Waals surface area contributed by atoms with E-state index in [1.54, 1.807) is 36.2 Å². The van der Waals surface area contributed by atoms with Crippen molar-refractivity contribution >= 4 is 29.4 Å².